The number of rotatable bonds is 6. The number of amides is 2. The molecule has 1 aromatic carbocycles. The van der Waals surface area contributed by atoms with Crippen molar-refractivity contribution in [3.63, 3.8) is 0 Å². The number of benzene rings is 1. The van der Waals surface area contributed by atoms with Crippen LogP contribution in [0.15, 0.2) is 54.2 Å². The molecule has 258 valence electrons. The number of nitrogens with two attached hydrogens (primary N) is 2. The van der Waals surface area contributed by atoms with Gasteiger partial charge < -0.3 is 51.1 Å². The molecule has 0 saturated carbocycles. The largest absolute Gasteiger partial charge is 0.710 e. The fraction of sp³-hybridized carbons (Fsp3) is 0.484. The Morgan fingerprint density at radius 2 is 1.89 bits per heavy atom. The van der Waals surface area contributed by atoms with E-state index in [4.69, 9.17) is 29.6 Å². The summed E-state index contributed by atoms with van der Waals surface area (Å²) in [5.41, 5.74) is 7.43. The summed E-state index contributed by atoms with van der Waals surface area (Å²) in [5, 5.41) is 46.3. The van der Waals surface area contributed by atoms with Crippen molar-refractivity contribution in [2.24, 2.45) is 23.5 Å². The second-order valence-electron chi connectivity index (χ2n) is 11.2. The molecule has 2 amide bonds. The maximum absolute atomic E-state index is 13.0. The molecule has 6 atom stereocenters. The van der Waals surface area contributed by atoms with Crippen molar-refractivity contribution in [2.45, 2.75) is 65.8 Å². The average molecular weight is 670 g/mol. The average Bonchev–Trinajstić information content (AvgIpc) is 2.99. The van der Waals surface area contributed by atoms with Crippen molar-refractivity contribution in [3.8, 4) is 11.5 Å². The van der Waals surface area contributed by atoms with E-state index in [-0.39, 0.29) is 36.4 Å². The molecule has 8 N–H and O–H groups in total. The van der Waals surface area contributed by atoms with Gasteiger partial charge in [0.1, 0.15) is 11.9 Å². The Hall–Kier alpha value is -3.78. The Labute approximate surface area is 270 Å². The fourth-order valence-electron chi connectivity index (χ4n) is 5.12. The van der Waals surface area contributed by atoms with Gasteiger partial charge in [-0.2, -0.15) is 0 Å². The number of primary amides is 1. The predicted molar refractivity (Wildman–Crippen MR) is 170 cm³/mol. The Bertz CT molecular complexity index is 1370. The summed E-state index contributed by atoms with van der Waals surface area (Å²) in [7, 11) is -1.62. The Balaban J connectivity index is 0.00000326. The first-order chi connectivity index (χ1) is 21.6. The molecule has 1 aliphatic rings. The van der Waals surface area contributed by atoms with E-state index in [9.17, 15) is 24.9 Å². The smallest absolute Gasteiger partial charge is 0.458 e. The molecular formula is C31H48N3O11P. The van der Waals surface area contributed by atoms with E-state index < -0.39 is 38.2 Å². The van der Waals surface area contributed by atoms with E-state index in [0.29, 0.717) is 41.8 Å². The lowest BCUT2D eigenvalue weighted by molar-refractivity contribution is -0.635. The van der Waals surface area contributed by atoms with E-state index in [1.807, 2.05) is 33.8 Å². The zero-order valence-electron chi connectivity index (χ0n) is 27.0. The van der Waals surface area contributed by atoms with E-state index in [2.05, 4.69) is 16.6 Å². The van der Waals surface area contributed by atoms with Gasteiger partial charge in [0.15, 0.2) is 11.4 Å². The van der Waals surface area contributed by atoms with Gasteiger partial charge in [-0.05, 0) is 44.3 Å². The number of fused-ring (bicyclic) bond motifs is 2. The van der Waals surface area contributed by atoms with Crippen molar-refractivity contribution in [1.29, 1.82) is 0 Å². The van der Waals surface area contributed by atoms with Crippen LogP contribution in [0.25, 0.3) is 0 Å². The highest BCUT2D eigenvalue weighted by Gasteiger charge is 2.30. The van der Waals surface area contributed by atoms with Gasteiger partial charge in [0.05, 0.1) is 30.0 Å². The van der Waals surface area contributed by atoms with Crippen LogP contribution in [0.4, 0.5) is 16.2 Å². The first-order valence-corrected chi connectivity index (χ1v) is 15.6. The second-order valence-corrected chi connectivity index (χ2v) is 11.8. The zero-order chi connectivity index (χ0) is 35.1. The lowest BCUT2D eigenvalue weighted by Crippen LogP contribution is -2.78. The molecule has 0 fully saturated rings. The molecule has 2 bridgehead atoms. The van der Waals surface area contributed by atoms with Crippen molar-refractivity contribution >= 4 is 31.3 Å². The summed E-state index contributed by atoms with van der Waals surface area (Å²) in [6.07, 6.45) is 6.32. The molecule has 15 heteroatoms. The number of nitrogens with one attached hydrogen (secondary N) is 1. The molecule has 0 aromatic heterocycles. The summed E-state index contributed by atoms with van der Waals surface area (Å²) in [6, 6.07) is 1.33. The zero-order valence-corrected chi connectivity index (χ0v) is 27.9. The minimum absolute atomic E-state index is 0. The molecule has 0 saturated heterocycles. The summed E-state index contributed by atoms with van der Waals surface area (Å²) < 4.78 is 31.3. The molecule has 1 aromatic rings. The van der Waals surface area contributed by atoms with Gasteiger partial charge >= 0.3 is 14.0 Å². The number of ether oxygens (including phenoxy) is 2. The number of hydrogen-bond donors (Lipinski definition) is 6. The third-order valence-corrected chi connectivity index (χ3v) is 7.57. The highest BCUT2D eigenvalue weighted by atomic mass is 31.1. The van der Waals surface area contributed by atoms with Crippen LogP contribution in [-0.2, 0) is 34.5 Å². The van der Waals surface area contributed by atoms with Crippen LogP contribution in [-0.4, -0.2) is 59.3 Å². The van der Waals surface area contributed by atoms with Gasteiger partial charge in [0.2, 0.25) is 0 Å². The number of aliphatic hydroxyl groups excluding tert-OH is 1. The maximum Gasteiger partial charge on any atom is 0.458 e. The molecule has 0 unspecified atom stereocenters. The second kappa shape index (κ2) is 19.7. The van der Waals surface area contributed by atoms with Gasteiger partial charge in [-0.25, -0.2) is 13.9 Å². The molecule has 0 radical (unpaired) electrons. The number of hydrogen-bond acceptors (Lipinski definition) is 11. The van der Waals surface area contributed by atoms with E-state index in [1.165, 1.54) is 13.2 Å². The van der Waals surface area contributed by atoms with Crippen LogP contribution in [0.2, 0.25) is 0 Å². The number of phenolic OH excluding ortho intramolecular Hbond substituents is 2. The number of quaternary nitrogens is 1. The minimum Gasteiger partial charge on any atom is -0.710 e. The van der Waals surface area contributed by atoms with Gasteiger partial charge in [-0.3, -0.25) is 4.79 Å². The Morgan fingerprint density at radius 3 is 2.43 bits per heavy atom. The van der Waals surface area contributed by atoms with Crippen LogP contribution in [0.5, 0.6) is 11.5 Å². The van der Waals surface area contributed by atoms with Crippen molar-refractivity contribution in [1.82, 2.24) is 0 Å². The standard InChI is InChI=1S/C31H45N3O7.HO4P.H2/c1-8-12-33-26-22-13-17(2)14-25(40-7)27(36)20(5)15-21(6)29(41-31(32)39)18(3)10-9-11-19(4)30(38)34-23(28(22)37)16-24(26)35;1-4-5(2)3;/h8-11,15-18,20,25,27,29,33,35-37H,1,12-14H2,2-7H3,(H2,32,39)(H,34,38);1H;1H/b10-9-,19-11+,21-15+;;/t17-,18+,20+,25+,27-,29-;;/m1../s1. The monoisotopic (exact) mass is 669 g/mol. The molecule has 46 heavy (non-hydrogen) atoms. The first kappa shape index (κ1) is 40.2. The molecule has 2 rings (SSSR count). The van der Waals surface area contributed by atoms with Crippen molar-refractivity contribution in [2.75, 3.05) is 19.0 Å². The third kappa shape index (κ3) is 12.5. The third-order valence-electron chi connectivity index (χ3n) is 7.44. The van der Waals surface area contributed by atoms with Crippen LogP contribution in [0, 0.1) is 17.8 Å². The first-order valence-electron chi connectivity index (χ1n) is 14.6. The van der Waals surface area contributed by atoms with E-state index in [0.717, 1.165) is 0 Å². The van der Waals surface area contributed by atoms with Crippen molar-refractivity contribution in [3.05, 3.63) is 59.7 Å². The summed E-state index contributed by atoms with van der Waals surface area (Å²) in [6.45, 7) is 13.3. The number of carbonyl (C=O) groups excluding carboxylic acids is 2. The van der Waals surface area contributed by atoms with Gasteiger partial charge in [0.25, 0.3) is 5.91 Å². The molecular weight excluding hydrogens is 621 g/mol. The number of carbonyl (C=O) groups is 2. The fourth-order valence-corrected chi connectivity index (χ4v) is 5.12. The quantitative estimate of drug-likeness (QED) is 0.0489. The number of aromatic hydroxyl groups is 2. The number of aliphatic hydroxyl groups is 1. The Morgan fingerprint density at radius 1 is 1.26 bits per heavy atom. The van der Waals surface area contributed by atoms with Crippen LogP contribution in [0.1, 0.15) is 48.0 Å². The van der Waals surface area contributed by atoms with Crippen LogP contribution < -0.4 is 21.6 Å². The highest BCUT2D eigenvalue weighted by molar-refractivity contribution is 7.24. The van der Waals surface area contributed by atoms with E-state index in [1.54, 1.807) is 36.5 Å². The normalized spacial score (nSPS) is 27.3. The molecule has 0 spiro atoms. The van der Waals surface area contributed by atoms with Gasteiger partial charge in [0, 0.05) is 32.0 Å². The number of methoxy groups -OCH3 is 1. The topological polar surface area (TPSA) is 234 Å². The van der Waals surface area contributed by atoms with Crippen molar-refractivity contribution < 1.29 is 60.2 Å². The SMILES string of the molecule is C=CC[NH2+]c1c(O)cc2c(O)c1C[C@@H](C)C[C@H](OC)[C@H](O)[C@@H](C)/C=C(\C)[C@H](OC(N)=O)[C@@H](C)/C=C\C=C(/C)C(=O)N2.O=P(=O)O[O-].[HH]. The van der Waals surface area contributed by atoms with E-state index >= 15 is 0 Å². The number of anilines is 1. The number of phenols is 2. The Kier molecular flexibility index (Phi) is 17.2. The minimum atomic E-state index is -3.15. The molecule has 14 nitrogen and oxygen atoms in total. The summed E-state index contributed by atoms with van der Waals surface area (Å²) in [5.74, 6) is -1.45. The van der Waals surface area contributed by atoms with Gasteiger partial charge in [-0.1, -0.05) is 51.7 Å². The van der Waals surface area contributed by atoms with Gasteiger partial charge in [-0.15, -0.1) is 0 Å². The summed E-state index contributed by atoms with van der Waals surface area (Å²) >= 11 is 0. The van der Waals surface area contributed by atoms with Crippen LogP contribution in [0.3, 0.4) is 0 Å². The summed E-state index contributed by atoms with van der Waals surface area (Å²) in [4.78, 5) is 24.6. The molecule has 0 aliphatic carbocycles. The molecule has 1 heterocycles. The predicted octanol–water partition coefficient (Wildman–Crippen LogP) is 3.17. The lowest BCUT2D eigenvalue weighted by atomic mass is 9.87. The molecule has 1 aliphatic heterocycles. The van der Waals surface area contributed by atoms with Crippen LogP contribution >= 0.6 is 7.91 Å². The lowest BCUT2D eigenvalue weighted by Gasteiger charge is -2.29. The highest BCUT2D eigenvalue weighted by Crippen LogP contribution is 2.40. The number of allylic oxidation sites excluding steroid dienone is 2. The maximum atomic E-state index is 13.0.